The van der Waals surface area contributed by atoms with Crippen molar-refractivity contribution < 1.29 is 0 Å². The molecule has 1 N–H and O–H groups in total. The van der Waals surface area contributed by atoms with Crippen LogP contribution in [0.3, 0.4) is 0 Å². The molecule has 0 radical (unpaired) electrons. The number of hydrogen-bond donors (Lipinski definition) is 1. The van der Waals surface area contributed by atoms with Crippen LogP contribution in [0.1, 0.15) is 36.1 Å². The van der Waals surface area contributed by atoms with E-state index in [2.05, 4.69) is 22.1 Å². The van der Waals surface area contributed by atoms with E-state index in [4.69, 9.17) is 9.97 Å². The lowest BCUT2D eigenvalue weighted by Crippen LogP contribution is -2.59. The van der Waals surface area contributed by atoms with Crippen LogP contribution in [0, 0.1) is 0 Å². The van der Waals surface area contributed by atoms with E-state index in [9.17, 15) is 0 Å². The number of pyridine rings is 1. The normalized spacial score (nSPS) is 26.8. The fourth-order valence-electron chi connectivity index (χ4n) is 5.01. The van der Waals surface area contributed by atoms with E-state index in [1.165, 1.54) is 29.5 Å². The summed E-state index contributed by atoms with van der Waals surface area (Å²) in [4.78, 5) is 19.5. The molecule has 3 atom stereocenters. The van der Waals surface area contributed by atoms with Gasteiger partial charge in [0.05, 0.1) is 5.39 Å². The summed E-state index contributed by atoms with van der Waals surface area (Å²) in [5.41, 5.74) is 2.62. The van der Waals surface area contributed by atoms with Gasteiger partial charge in [-0.15, -0.1) is 11.3 Å². The Morgan fingerprint density at radius 1 is 1.23 bits per heavy atom. The lowest BCUT2D eigenvalue weighted by Gasteiger charge is -2.48. The Kier molecular flexibility index (Phi) is 3.17. The highest BCUT2D eigenvalue weighted by Gasteiger charge is 2.43. The molecular formula is C20H21N5S. The standard InChI is InChI=1S/C20H21N5S/c1-11-10-25-14(9-22-11)13-3-2-4-15-16(13)17-19(25)23-18(24-20(17)26-15)12-5-7-21-8-6-12/h5-8,11,13-14,22H,2-4,9-10H2,1H3/t11-,13+,14?/m0/s1. The zero-order valence-corrected chi connectivity index (χ0v) is 15.6. The zero-order chi connectivity index (χ0) is 17.3. The van der Waals surface area contributed by atoms with E-state index in [0.29, 0.717) is 18.0 Å². The molecule has 26 heavy (non-hydrogen) atoms. The van der Waals surface area contributed by atoms with Gasteiger partial charge in [-0.05, 0) is 43.9 Å². The molecule has 1 saturated heterocycles. The summed E-state index contributed by atoms with van der Waals surface area (Å²) in [6.45, 7) is 4.35. The third-order valence-corrected chi connectivity index (χ3v) is 7.32. The van der Waals surface area contributed by atoms with Crippen LogP contribution >= 0.6 is 11.3 Å². The predicted molar refractivity (Wildman–Crippen MR) is 105 cm³/mol. The number of piperazine rings is 1. The highest BCUT2D eigenvalue weighted by molar-refractivity contribution is 7.19. The average molecular weight is 363 g/mol. The topological polar surface area (TPSA) is 53.9 Å². The van der Waals surface area contributed by atoms with Gasteiger partial charge in [-0.1, -0.05) is 0 Å². The van der Waals surface area contributed by atoms with Gasteiger partial charge in [-0.3, -0.25) is 4.98 Å². The van der Waals surface area contributed by atoms with Crippen LogP contribution in [-0.4, -0.2) is 40.1 Å². The molecule has 132 valence electrons. The van der Waals surface area contributed by atoms with Crippen molar-refractivity contribution in [2.75, 3.05) is 18.0 Å². The second-order valence-electron chi connectivity index (χ2n) is 7.75. The van der Waals surface area contributed by atoms with Crippen molar-refractivity contribution in [1.82, 2.24) is 20.3 Å². The number of nitrogens with one attached hydrogen (secondary N) is 1. The second-order valence-corrected chi connectivity index (χ2v) is 8.84. The number of aromatic nitrogens is 3. The number of hydrogen-bond acceptors (Lipinski definition) is 6. The van der Waals surface area contributed by atoms with Gasteiger partial charge < -0.3 is 10.2 Å². The Balaban J connectivity index is 1.64. The summed E-state index contributed by atoms with van der Waals surface area (Å²) >= 11 is 1.90. The summed E-state index contributed by atoms with van der Waals surface area (Å²) in [5.74, 6) is 2.63. The number of rotatable bonds is 1. The molecule has 0 spiro atoms. The van der Waals surface area contributed by atoms with Crippen molar-refractivity contribution in [3.63, 3.8) is 0 Å². The van der Waals surface area contributed by atoms with Gasteiger partial charge in [-0.25, -0.2) is 9.97 Å². The van der Waals surface area contributed by atoms with E-state index >= 15 is 0 Å². The minimum Gasteiger partial charge on any atom is -0.350 e. The second kappa shape index (κ2) is 5.47. The summed E-state index contributed by atoms with van der Waals surface area (Å²) in [6, 6.07) is 5.02. The summed E-state index contributed by atoms with van der Waals surface area (Å²) in [7, 11) is 0. The van der Waals surface area contributed by atoms with E-state index in [0.717, 1.165) is 30.3 Å². The first-order chi connectivity index (χ1) is 12.8. The molecule has 0 bridgehead atoms. The summed E-state index contributed by atoms with van der Waals surface area (Å²) in [5, 5.41) is 5.05. The summed E-state index contributed by atoms with van der Waals surface area (Å²) < 4.78 is 0. The SMILES string of the molecule is C[C@H]1CN2c3nc(-c4ccncc4)nc4sc5c(c34)[C@H](CCC5)C2CN1. The highest BCUT2D eigenvalue weighted by Crippen LogP contribution is 2.51. The molecule has 1 aliphatic carbocycles. The Morgan fingerprint density at radius 3 is 3.00 bits per heavy atom. The third kappa shape index (κ3) is 2.03. The van der Waals surface area contributed by atoms with Crippen molar-refractivity contribution in [1.29, 1.82) is 0 Å². The largest absolute Gasteiger partial charge is 0.350 e. The molecule has 2 aliphatic heterocycles. The Hall–Kier alpha value is -2.05. The monoisotopic (exact) mass is 363 g/mol. The smallest absolute Gasteiger partial charge is 0.163 e. The number of nitrogens with zero attached hydrogens (tertiary/aromatic N) is 4. The number of thiophene rings is 1. The van der Waals surface area contributed by atoms with Crippen LogP contribution in [0.5, 0.6) is 0 Å². The molecule has 1 fully saturated rings. The minimum atomic E-state index is 0.490. The van der Waals surface area contributed by atoms with Gasteiger partial charge >= 0.3 is 0 Å². The Morgan fingerprint density at radius 2 is 2.12 bits per heavy atom. The van der Waals surface area contributed by atoms with Crippen molar-refractivity contribution in [3.8, 4) is 11.4 Å². The van der Waals surface area contributed by atoms with E-state index in [1.807, 2.05) is 35.9 Å². The summed E-state index contributed by atoms with van der Waals surface area (Å²) in [6.07, 6.45) is 7.43. The quantitative estimate of drug-likeness (QED) is 0.718. The number of aryl methyl sites for hydroxylation is 1. The van der Waals surface area contributed by atoms with Crippen molar-refractivity contribution >= 4 is 27.4 Å². The highest BCUT2D eigenvalue weighted by atomic mass is 32.1. The maximum Gasteiger partial charge on any atom is 0.163 e. The van der Waals surface area contributed by atoms with Crippen molar-refractivity contribution in [3.05, 3.63) is 35.0 Å². The van der Waals surface area contributed by atoms with Crippen LogP contribution < -0.4 is 10.2 Å². The molecule has 6 rings (SSSR count). The lowest BCUT2D eigenvalue weighted by molar-refractivity contribution is 0.344. The third-order valence-electron chi connectivity index (χ3n) is 6.16. The van der Waals surface area contributed by atoms with Gasteiger partial charge in [0.2, 0.25) is 0 Å². The fourth-order valence-corrected chi connectivity index (χ4v) is 6.29. The zero-order valence-electron chi connectivity index (χ0n) is 14.8. The van der Waals surface area contributed by atoms with Crippen molar-refractivity contribution in [2.24, 2.45) is 0 Å². The molecule has 3 aromatic heterocycles. The van der Waals surface area contributed by atoms with Crippen LogP contribution in [0.2, 0.25) is 0 Å². The first kappa shape index (κ1) is 15.1. The Bertz CT molecular complexity index is 998. The van der Waals surface area contributed by atoms with E-state index in [1.54, 1.807) is 10.4 Å². The van der Waals surface area contributed by atoms with E-state index < -0.39 is 0 Å². The molecule has 3 aromatic rings. The molecule has 5 nitrogen and oxygen atoms in total. The molecule has 6 heteroatoms. The molecular weight excluding hydrogens is 342 g/mol. The molecule has 1 unspecified atom stereocenters. The predicted octanol–water partition coefficient (Wildman–Crippen LogP) is 3.35. The molecule has 0 aromatic carbocycles. The van der Waals surface area contributed by atoms with Gasteiger partial charge in [-0.2, -0.15) is 0 Å². The first-order valence-corrected chi connectivity index (χ1v) is 10.3. The van der Waals surface area contributed by atoms with Crippen LogP contribution in [0.25, 0.3) is 21.6 Å². The van der Waals surface area contributed by atoms with Crippen LogP contribution in [0.4, 0.5) is 5.82 Å². The van der Waals surface area contributed by atoms with Gasteiger partial charge in [0.25, 0.3) is 0 Å². The van der Waals surface area contributed by atoms with Crippen LogP contribution in [0.15, 0.2) is 24.5 Å². The number of anilines is 1. The molecule has 0 amide bonds. The Labute approximate surface area is 156 Å². The van der Waals surface area contributed by atoms with Gasteiger partial charge in [0.15, 0.2) is 5.82 Å². The fraction of sp³-hybridized carbons (Fsp3) is 0.450. The van der Waals surface area contributed by atoms with E-state index in [-0.39, 0.29) is 0 Å². The van der Waals surface area contributed by atoms with Crippen LogP contribution in [-0.2, 0) is 6.42 Å². The molecule has 3 aliphatic rings. The van der Waals surface area contributed by atoms with Gasteiger partial charge in [0.1, 0.15) is 10.6 Å². The molecule has 0 saturated carbocycles. The first-order valence-electron chi connectivity index (χ1n) is 9.53. The average Bonchev–Trinajstić information content (AvgIpc) is 3.06. The maximum absolute atomic E-state index is 5.09. The number of fused-ring (bicyclic) bond motifs is 3. The minimum absolute atomic E-state index is 0.490. The lowest BCUT2D eigenvalue weighted by atomic mass is 9.77. The molecule has 5 heterocycles. The van der Waals surface area contributed by atoms with Crippen molar-refractivity contribution in [2.45, 2.75) is 44.2 Å². The van der Waals surface area contributed by atoms with Gasteiger partial charge in [0, 0.05) is 53.9 Å². The maximum atomic E-state index is 5.09.